The van der Waals surface area contributed by atoms with Gasteiger partial charge in [0.1, 0.15) is 23.8 Å². The Labute approximate surface area is 150 Å². The van der Waals surface area contributed by atoms with Crippen LogP contribution < -0.4 is 5.73 Å². The Kier molecular flexibility index (Phi) is 6.33. The number of allylic oxidation sites excluding steroid dienone is 1. The highest BCUT2D eigenvalue weighted by molar-refractivity contribution is 5.93. The third kappa shape index (κ3) is 4.00. The molecule has 1 aliphatic heterocycles. The van der Waals surface area contributed by atoms with Gasteiger partial charge in [0.05, 0.1) is 24.7 Å². The van der Waals surface area contributed by atoms with Crippen LogP contribution >= 0.6 is 0 Å². The first-order valence-electron chi connectivity index (χ1n) is 8.06. The highest BCUT2D eigenvalue weighted by Gasteiger charge is 2.38. The number of nitrogens with zero attached hydrogens (tertiary/aromatic N) is 2. The van der Waals surface area contributed by atoms with E-state index in [1.165, 1.54) is 6.20 Å². The molecular formula is C18H19N3O5. The van der Waals surface area contributed by atoms with Gasteiger partial charge < -0.3 is 19.9 Å². The van der Waals surface area contributed by atoms with E-state index in [-0.39, 0.29) is 42.4 Å². The Bertz CT molecular complexity index is 793. The van der Waals surface area contributed by atoms with Crippen molar-refractivity contribution < 1.29 is 23.8 Å². The molecule has 1 aliphatic rings. The molecule has 8 nitrogen and oxygen atoms in total. The summed E-state index contributed by atoms with van der Waals surface area (Å²) in [5.41, 5.74) is 6.52. The lowest BCUT2D eigenvalue weighted by Gasteiger charge is -2.27. The number of nitriles is 1. The Morgan fingerprint density at radius 1 is 1.35 bits per heavy atom. The average Bonchev–Trinajstić information content (AvgIpc) is 2.62. The van der Waals surface area contributed by atoms with Crippen LogP contribution in [0.2, 0.25) is 0 Å². The van der Waals surface area contributed by atoms with E-state index in [0.29, 0.717) is 5.56 Å². The van der Waals surface area contributed by atoms with Crippen molar-refractivity contribution in [3.05, 3.63) is 52.9 Å². The second kappa shape index (κ2) is 8.67. The maximum absolute atomic E-state index is 12.6. The lowest BCUT2D eigenvalue weighted by atomic mass is 9.83. The number of hydrogen-bond donors (Lipinski definition) is 1. The van der Waals surface area contributed by atoms with E-state index in [1.807, 2.05) is 6.07 Å². The number of carbonyl (C=O) groups is 2. The summed E-state index contributed by atoms with van der Waals surface area (Å²) >= 11 is 0. The first kappa shape index (κ1) is 19.0. The molecule has 0 fully saturated rings. The van der Waals surface area contributed by atoms with Crippen molar-refractivity contribution in [2.75, 3.05) is 13.2 Å². The summed E-state index contributed by atoms with van der Waals surface area (Å²) in [5, 5.41) is 9.52. The van der Waals surface area contributed by atoms with Crippen molar-refractivity contribution in [2.45, 2.75) is 26.2 Å². The minimum Gasteiger partial charge on any atom is -0.466 e. The van der Waals surface area contributed by atoms with Crippen LogP contribution in [0.15, 0.2) is 47.3 Å². The molecule has 0 aromatic carbocycles. The lowest BCUT2D eigenvalue weighted by molar-refractivity contribution is -0.143. The van der Waals surface area contributed by atoms with Gasteiger partial charge in [-0.2, -0.15) is 5.26 Å². The molecule has 2 rings (SSSR count). The van der Waals surface area contributed by atoms with Crippen LogP contribution in [0.3, 0.4) is 0 Å². The van der Waals surface area contributed by atoms with Gasteiger partial charge in [-0.25, -0.2) is 4.79 Å². The molecule has 0 saturated carbocycles. The molecule has 26 heavy (non-hydrogen) atoms. The molecule has 0 radical (unpaired) electrons. The summed E-state index contributed by atoms with van der Waals surface area (Å²) in [4.78, 5) is 28.5. The van der Waals surface area contributed by atoms with Gasteiger partial charge in [-0.05, 0) is 25.5 Å². The molecule has 1 aromatic heterocycles. The number of pyridine rings is 1. The number of esters is 2. The minimum atomic E-state index is -0.842. The zero-order valence-corrected chi connectivity index (χ0v) is 14.5. The van der Waals surface area contributed by atoms with Gasteiger partial charge in [0.25, 0.3) is 0 Å². The first-order chi connectivity index (χ1) is 12.5. The standard InChI is InChI=1S/C18H19N3O5/c1-3-24-14(22)8-13-16(18(23)25-4-2)15(11-6-5-7-21-10-11)12(9-19)17(20)26-13/h5-7,10,15H,3-4,8,20H2,1-2H3/t15-/m1/s1. The molecule has 0 unspecified atom stereocenters. The van der Waals surface area contributed by atoms with Crippen LogP contribution in [0.5, 0.6) is 0 Å². The van der Waals surface area contributed by atoms with Gasteiger partial charge >= 0.3 is 11.9 Å². The van der Waals surface area contributed by atoms with Gasteiger partial charge in [-0.3, -0.25) is 9.78 Å². The second-order valence-electron chi connectivity index (χ2n) is 5.25. The van der Waals surface area contributed by atoms with Crippen LogP contribution in [-0.2, 0) is 23.8 Å². The van der Waals surface area contributed by atoms with Gasteiger partial charge in [-0.15, -0.1) is 0 Å². The Balaban J connectivity index is 2.60. The topological polar surface area (TPSA) is 125 Å². The van der Waals surface area contributed by atoms with Crippen molar-refractivity contribution in [3.63, 3.8) is 0 Å². The first-order valence-corrected chi connectivity index (χ1v) is 8.06. The van der Waals surface area contributed by atoms with Gasteiger partial charge in [0.2, 0.25) is 5.88 Å². The van der Waals surface area contributed by atoms with E-state index in [1.54, 1.807) is 32.2 Å². The van der Waals surface area contributed by atoms with E-state index in [9.17, 15) is 14.9 Å². The van der Waals surface area contributed by atoms with Crippen molar-refractivity contribution in [1.82, 2.24) is 4.98 Å². The zero-order chi connectivity index (χ0) is 19.1. The van der Waals surface area contributed by atoms with E-state index >= 15 is 0 Å². The number of aromatic nitrogens is 1. The summed E-state index contributed by atoms with van der Waals surface area (Å²) in [5.74, 6) is -2.28. The van der Waals surface area contributed by atoms with E-state index in [4.69, 9.17) is 19.9 Å². The summed E-state index contributed by atoms with van der Waals surface area (Å²) in [6, 6.07) is 5.35. The molecule has 8 heteroatoms. The number of carbonyl (C=O) groups excluding carboxylic acids is 2. The zero-order valence-electron chi connectivity index (χ0n) is 14.5. The summed E-state index contributed by atoms with van der Waals surface area (Å²) in [6.07, 6.45) is 2.77. The Morgan fingerprint density at radius 2 is 2.08 bits per heavy atom. The minimum absolute atomic E-state index is 0.00672. The molecule has 1 atom stereocenters. The second-order valence-corrected chi connectivity index (χ2v) is 5.25. The fraction of sp³-hybridized carbons (Fsp3) is 0.333. The number of ether oxygens (including phenoxy) is 3. The van der Waals surface area contributed by atoms with Gasteiger partial charge in [-0.1, -0.05) is 6.07 Å². The van der Waals surface area contributed by atoms with Gasteiger partial charge in [0.15, 0.2) is 0 Å². The third-order valence-corrected chi connectivity index (χ3v) is 3.62. The average molecular weight is 357 g/mol. The molecule has 0 aliphatic carbocycles. The quantitative estimate of drug-likeness (QED) is 0.762. The predicted octanol–water partition coefficient (Wildman–Crippen LogP) is 1.66. The Morgan fingerprint density at radius 3 is 2.65 bits per heavy atom. The smallest absolute Gasteiger partial charge is 0.338 e. The third-order valence-electron chi connectivity index (χ3n) is 3.62. The van der Waals surface area contributed by atoms with E-state index in [2.05, 4.69) is 4.98 Å². The molecule has 0 amide bonds. The molecule has 0 spiro atoms. The van der Waals surface area contributed by atoms with Crippen LogP contribution in [0, 0.1) is 11.3 Å². The SMILES string of the molecule is CCOC(=O)CC1=C(C(=O)OCC)[C@H](c2cccnc2)C(C#N)=C(N)O1. The highest BCUT2D eigenvalue weighted by atomic mass is 16.5. The molecule has 2 N–H and O–H groups in total. The van der Waals surface area contributed by atoms with E-state index in [0.717, 1.165) is 0 Å². The van der Waals surface area contributed by atoms with E-state index < -0.39 is 17.9 Å². The maximum atomic E-state index is 12.6. The van der Waals surface area contributed by atoms with Crippen LogP contribution in [0.1, 0.15) is 31.7 Å². The summed E-state index contributed by atoms with van der Waals surface area (Å²) < 4.78 is 15.5. The fourth-order valence-corrected chi connectivity index (χ4v) is 2.60. The van der Waals surface area contributed by atoms with Crippen molar-refractivity contribution >= 4 is 11.9 Å². The molecule has 0 saturated heterocycles. The van der Waals surface area contributed by atoms with Crippen molar-refractivity contribution in [1.29, 1.82) is 5.26 Å². The monoisotopic (exact) mass is 357 g/mol. The van der Waals surface area contributed by atoms with Gasteiger partial charge in [0, 0.05) is 12.4 Å². The highest BCUT2D eigenvalue weighted by Crippen LogP contribution is 2.40. The molecular weight excluding hydrogens is 338 g/mol. The fourth-order valence-electron chi connectivity index (χ4n) is 2.60. The predicted molar refractivity (Wildman–Crippen MR) is 89.8 cm³/mol. The van der Waals surface area contributed by atoms with Crippen molar-refractivity contribution in [3.8, 4) is 6.07 Å². The Hall–Kier alpha value is -3.34. The lowest BCUT2D eigenvalue weighted by Crippen LogP contribution is -2.27. The normalized spacial score (nSPS) is 16.6. The van der Waals surface area contributed by atoms with Crippen LogP contribution in [-0.4, -0.2) is 30.1 Å². The van der Waals surface area contributed by atoms with Crippen molar-refractivity contribution in [2.24, 2.45) is 5.73 Å². The summed E-state index contributed by atoms with van der Waals surface area (Å²) in [6.45, 7) is 3.62. The maximum Gasteiger partial charge on any atom is 0.338 e. The summed E-state index contributed by atoms with van der Waals surface area (Å²) in [7, 11) is 0. The molecule has 136 valence electrons. The molecule has 1 aromatic rings. The number of nitrogens with two attached hydrogens (primary N) is 1. The number of hydrogen-bond acceptors (Lipinski definition) is 8. The largest absolute Gasteiger partial charge is 0.466 e. The number of rotatable bonds is 6. The molecule has 2 heterocycles. The van der Waals surface area contributed by atoms with Crippen LogP contribution in [0.25, 0.3) is 0 Å². The molecule has 0 bridgehead atoms. The van der Waals surface area contributed by atoms with Crippen LogP contribution in [0.4, 0.5) is 0 Å².